The fraction of sp³-hybridized carbons (Fsp3) is 0.462. The number of rotatable bonds is 3. The van der Waals surface area contributed by atoms with E-state index >= 15 is 0 Å². The summed E-state index contributed by atoms with van der Waals surface area (Å²) in [6, 6.07) is 4.25. The number of hydrogen-bond acceptors (Lipinski definition) is 5. The Morgan fingerprint density at radius 1 is 1.45 bits per heavy atom. The van der Waals surface area contributed by atoms with Crippen molar-refractivity contribution in [2.75, 3.05) is 6.61 Å². The van der Waals surface area contributed by atoms with Gasteiger partial charge < -0.3 is 9.47 Å². The largest absolute Gasteiger partial charge is 0.493 e. The summed E-state index contributed by atoms with van der Waals surface area (Å²) >= 11 is 0. The Morgan fingerprint density at radius 3 is 2.75 bits per heavy atom. The van der Waals surface area contributed by atoms with Gasteiger partial charge in [0.2, 0.25) is 0 Å². The Morgan fingerprint density at radius 2 is 2.15 bits per heavy atom. The minimum atomic E-state index is -3.84. The molecule has 1 heterocycles. The summed E-state index contributed by atoms with van der Waals surface area (Å²) < 4.78 is 33.4. The van der Waals surface area contributed by atoms with Gasteiger partial charge in [-0.15, -0.1) is 0 Å². The van der Waals surface area contributed by atoms with E-state index in [1.807, 2.05) is 0 Å². The predicted octanol–water partition coefficient (Wildman–Crippen LogP) is 2.43. The quantitative estimate of drug-likeness (QED) is 0.632. The highest BCUT2D eigenvalue weighted by atomic mass is 35.7. The zero-order valence-electron chi connectivity index (χ0n) is 11.1. The molecule has 5 nitrogen and oxygen atoms in total. The monoisotopic (exact) mass is 318 g/mol. The van der Waals surface area contributed by atoms with Crippen LogP contribution in [0, 0.1) is 0 Å². The van der Waals surface area contributed by atoms with Crippen LogP contribution in [0.15, 0.2) is 23.1 Å². The fourth-order valence-electron chi connectivity index (χ4n) is 2.08. The van der Waals surface area contributed by atoms with Crippen LogP contribution in [-0.4, -0.2) is 27.1 Å². The molecule has 1 aromatic carbocycles. The Bertz CT molecular complexity index is 624. The van der Waals surface area contributed by atoms with Gasteiger partial charge in [-0.05, 0) is 38.5 Å². The zero-order valence-corrected chi connectivity index (χ0v) is 12.7. The van der Waals surface area contributed by atoms with E-state index in [1.165, 1.54) is 18.2 Å². The summed E-state index contributed by atoms with van der Waals surface area (Å²) in [7, 11) is 1.48. The average Bonchev–Trinajstić information content (AvgIpc) is 2.35. The molecular weight excluding hydrogens is 304 g/mol. The molecule has 0 spiro atoms. The molecule has 0 saturated heterocycles. The maximum atomic E-state index is 12.1. The average molecular weight is 319 g/mol. The third-order valence-corrected chi connectivity index (χ3v) is 4.29. The molecule has 1 unspecified atom stereocenters. The summed E-state index contributed by atoms with van der Waals surface area (Å²) in [5.74, 6) is -0.417. The van der Waals surface area contributed by atoms with Crippen molar-refractivity contribution in [3.05, 3.63) is 23.8 Å². The minimum Gasteiger partial charge on any atom is -0.493 e. The lowest BCUT2D eigenvalue weighted by Crippen LogP contribution is -2.25. The van der Waals surface area contributed by atoms with E-state index in [2.05, 4.69) is 0 Å². The molecule has 110 valence electrons. The van der Waals surface area contributed by atoms with E-state index in [0.29, 0.717) is 24.3 Å². The normalized spacial score (nSPS) is 18.3. The molecule has 0 saturated carbocycles. The first-order valence-electron chi connectivity index (χ1n) is 6.21. The van der Waals surface area contributed by atoms with Gasteiger partial charge in [0.1, 0.15) is 5.75 Å². The third kappa shape index (κ3) is 3.24. The second kappa shape index (κ2) is 5.61. The second-order valence-corrected chi connectivity index (χ2v) is 7.38. The highest BCUT2D eigenvalue weighted by Gasteiger charge is 2.30. The van der Waals surface area contributed by atoms with Gasteiger partial charge in [0, 0.05) is 16.2 Å². The smallest absolute Gasteiger partial charge is 0.313 e. The van der Waals surface area contributed by atoms with Gasteiger partial charge in [-0.1, -0.05) is 0 Å². The molecule has 1 aliphatic rings. The Labute approximate surface area is 122 Å². The number of hydrogen-bond donors (Lipinski definition) is 0. The van der Waals surface area contributed by atoms with E-state index in [9.17, 15) is 13.2 Å². The standard InChI is InChI=1S/C13H15ClO5S/c1-8(2)19-13(15)10-5-6-18-12-4-3-9(7-11(10)12)20(14,16)17/h3-4,7-8,10H,5-6H2,1-2H3. The first-order valence-corrected chi connectivity index (χ1v) is 8.52. The zero-order chi connectivity index (χ0) is 14.9. The molecule has 0 aliphatic carbocycles. The summed E-state index contributed by atoms with van der Waals surface area (Å²) in [5.41, 5.74) is 0.503. The molecule has 0 aromatic heterocycles. The van der Waals surface area contributed by atoms with Crippen molar-refractivity contribution >= 4 is 25.7 Å². The Hall–Kier alpha value is -1.27. The third-order valence-electron chi connectivity index (χ3n) is 2.94. The predicted molar refractivity (Wildman–Crippen MR) is 73.6 cm³/mol. The molecule has 1 aliphatic heterocycles. The van der Waals surface area contributed by atoms with Gasteiger partial charge >= 0.3 is 5.97 Å². The molecule has 20 heavy (non-hydrogen) atoms. The first kappa shape index (κ1) is 15.1. The van der Waals surface area contributed by atoms with E-state index in [-0.39, 0.29) is 17.0 Å². The van der Waals surface area contributed by atoms with Gasteiger partial charge in [0.15, 0.2) is 0 Å². The van der Waals surface area contributed by atoms with Gasteiger partial charge in [0.25, 0.3) is 9.05 Å². The van der Waals surface area contributed by atoms with Gasteiger partial charge in [-0.2, -0.15) is 0 Å². The SMILES string of the molecule is CC(C)OC(=O)C1CCOc2ccc(S(=O)(=O)Cl)cc21. The molecule has 7 heteroatoms. The maximum absolute atomic E-state index is 12.1. The van der Waals surface area contributed by atoms with Crippen molar-refractivity contribution in [1.29, 1.82) is 0 Å². The highest BCUT2D eigenvalue weighted by molar-refractivity contribution is 8.13. The minimum absolute atomic E-state index is 0.0502. The second-order valence-electron chi connectivity index (χ2n) is 4.81. The van der Waals surface area contributed by atoms with Crippen molar-refractivity contribution in [3.63, 3.8) is 0 Å². The van der Waals surface area contributed by atoms with Crippen LogP contribution in [0.3, 0.4) is 0 Å². The Balaban J connectivity index is 2.41. The van der Waals surface area contributed by atoms with Gasteiger partial charge in [-0.25, -0.2) is 8.42 Å². The molecule has 1 aromatic rings. The summed E-state index contributed by atoms with van der Waals surface area (Å²) in [4.78, 5) is 12.0. The van der Waals surface area contributed by atoms with Crippen molar-refractivity contribution in [1.82, 2.24) is 0 Å². The number of carbonyl (C=O) groups excluding carboxylic acids is 1. The van der Waals surface area contributed by atoms with Crippen molar-refractivity contribution in [2.24, 2.45) is 0 Å². The van der Waals surface area contributed by atoms with E-state index in [1.54, 1.807) is 13.8 Å². The van der Waals surface area contributed by atoms with Crippen LogP contribution in [0.5, 0.6) is 5.75 Å². The summed E-state index contributed by atoms with van der Waals surface area (Å²) in [5, 5.41) is 0. The lowest BCUT2D eigenvalue weighted by Gasteiger charge is -2.25. The number of fused-ring (bicyclic) bond motifs is 1. The number of ether oxygens (including phenoxy) is 2. The molecule has 0 bridgehead atoms. The lowest BCUT2D eigenvalue weighted by atomic mass is 9.93. The van der Waals surface area contributed by atoms with Crippen LogP contribution in [0.2, 0.25) is 0 Å². The van der Waals surface area contributed by atoms with E-state index in [4.69, 9.17) is 20.2 Å². The molecular formula is C13H15ClO5S. The Kier molecular flexibility index (Phi) is 4.25. The van der Waals surface area contributed by atoms with E-state index in [0.717, 1.165) is 0 Å². The molecule has 0 N–H and O–H groups in total. The molecule has 0 radical (unpaired) electrons. The van der Waals surface area contributed by atoms with Crippen LogP contribution in [0.25, 0.3) is 0 Å². The first-order chi connectivity index (χ1) is 9.29. The number of benzene rings is 1. The molecule has 2 rings (SSSR count). The van der Waals surface area contributed by atoms with E-state index < -0.39 is 15.0 Å². The van der Waals surface area contributed by atoms with Crippen molar-refractivity contribution in [3.8, 4) is 5.75 Å². The van der Waals surface area contributed by atoms with Crippen LogP contribution < -0.4 is 4.74 Å². The number of esters is 1. The highest BCUT2D eigenvalue weighted by Crippen LogP contribution is 2.36. The lowest BCUT2D eigenvalue weighted by molar-refractivity contribution is -0.150. The molecule has 1 atom stereocenters. The van der Waals surface area contributed by atoms with Crippen molar-refractivity contribution in [2.45, 2.75) is 37.2 Å². The number of carbonyl (C=O) groups is 1. The number of halogens is 1. The maximum Gasteiger partial charge on any atom is 0.313 e. The van der Waals surface area contributed by atoms with Crippen molar-refractivity contribution < 1.29 is 22.7 Å². The molecule has 0 amide bonds. The fourth-order valence-corrected chi connectivity index (χ4v) is 2.87. The van der Waals surface area contributed by atoms with Crippen LogP contribution in [0.4, 0.5) is 0 Å². The summed E-state index contributed by atoms with van der Waals surface area (Å²) in [6.07, 6.45) is 0.221. The van der Waals surface area contributed by atoms with Crippen LogP contribution in [0.1, 0.15) is 31.7 Å². The van der Waals surface area contributed by atoms with Crippen LogP contribution >= 0.6 is 10.7 Å². The topological polar surface area (TPSA) is 69.7 Å². The van der Waals surface area contributed by atoms with Gasteiger partial charge in [0.05, 0.1) is 23.5 Å². The molecule has 0 fully saturated rings. The summed E-state index contributed by atoms with van der Waals surface area (Å²) in [6.45, 7) is 3.91. The van der Waals surface area contributed by atoms with Crippen LogP contribution in [-0.2, 0) is 18.6 Å². The van der Waals surface area contributed by atoms with Gasteiger partial charge in [-0.3, -0.25) is 4.79 Å².